The zero-order valence-electron chi connectivity index (χ0n) is 12.4. The van der Waals surface area contributed by atoms with Gasteiger partial charge < -0.3 is 4.42 Å². The first-order valence-electron chi connectivity index (χ1n) is 7.07. The van der Waals surface area contributed by atoms with E-state index < -0.39 is 5.24 Å². The van der Waals surface area contributed by atoms with Gasteiger partial charge in [-0.15, -0.1) is 0 Å². The van der Waals surface area contributed by atoms with E-state index >= 15 is 0 Å². The molecule has 0 fully saturated rings. The van der Waals surface area contributed by atoms with Gasteiger partial charge in [-0.05, 0) is 36.7 Å². The predicted molar refractivity (Wildman–Crippen MR) is 92.6 cm³/mol. The Balaban J connectivity index is 2.33. The molecule has 0 N–H and O–H groups in total. The number of para-hydroxylation sites is 1. The highest BCUT2D eigenvalue weighted by atomic mass is 35.5. The van der Waals surface area contributed by atoms with Gasteiger partial charge in [0, 0.05) is 16.7 Å². The summed E-state index contributed by atoms with van der Waals surface area (Å²) >= 11 is 5.34. The van der Waals surface area contributed by atoms with Crippen molar-refractivity contribution < 1.29 is 9.21 Å². The molecule has 0 amide bonds. The topological polar surface area (TPSA) is 47.3 Å². The van der Waals surface area contributed by atoms with Gasteiger partial charge in [-0.1, -0.05) is 42.5 Å². The number of hydrogen-bond acceptors (Lipinski definition) is 3. The minimum Gasteiger partial charge on any atom is -0.455 e. The van der Waals surface area contributed by atoms with Crippen LogP contribution in [0.4, 0.5) is 0 Å². The summed E-state index contributed by atoms with van der Waals surface area (Å²) in [7, 11) is 0. The van der Waals surface area contributed by atoms with E-state index in [0.717, 1.165) is 5.56 Å². The molecule has 3 nitrogen and oxygen atoms in total. The molecule has 0 atom stereocenters. The second-order valence-electron chi connectivity index (χ2n) is 5.11. The number of carbonyl (C=O) groups excluding carboxylic acids is 1. The van der Waals surface area contributed by atoms with Crippen LogP contribution in [0.2, 0.25) is 0 Å². The van der Waals surface area contributed by atoms with E-state index in [0.29, 0.717) is 27.9 Å². The maximum absolute atomic E-state index is 12.6. The van der Waals surface area contributed by atoms with Crippen LogP contribution in [0.15, 0.2) is 63.8 Å². The molecule has 2 aromatic carbocycles. The van der Waals surface area contributed by atoms with Crippen LogP contribution in [0.3, 0.4) is 0 Å². The molecule has 1 aromatic heterocycles. The highest BCUT2D eigenvalue weighted by molar-refractivity contribution is 6.66. The number of fused-ring (bicyclic) bond motifs is 1. The molecule has 0 aliphatic heterocycles. The maximum Gasteiger partial charge on any atom is 0.245 e. The number of halogens is 1. The zero-order chi connectivity index (χ0) is 16.4. The van der Waals surface area contributed by atoms with E-state index in [9.17, 15) is 9.59 Å². The third-order valence-corrected chi connectivity index (χ3v) is 3.73. The third-order valence-electron chi connectivity index (χ3n) is 3.61. The number of allylic oxidation sites excluding steroid dienone is 1. The summed E-state index contributed by atoms with van der Waals surface area (Å²) in [5.74, 6) is 0.529. The van der Waals surface area contributed by atoms with Crippen LogP contribution in [0.1, 0.15) is 11.1 Å². The van der Waals surface area contributed by atoms with Crippen LogP contribution in [0.25, 0.3) is 28.4 Å². The van der Waals surface area contributed by atoms with Gasteiger partial charge in [-0.25, -0.2) is 0 Å². The lowest BCUT2D eigenvalue weighted by Gasteiger charge is -2.08. The van der Waals surface area contributed by atoms with Crippen molar-refractivity contribution in [2.45, 2.75) is 6.92 Å². The first-order chi connectivity index (χ1) is 11.1. The van der Waals surface area contributed by atoms with Crippen molar-refractivity contribution in [3.05, 3.63) is 76.0 Å². The molecule has 0 bridgehead atoms. The van der Waals surface area contributed by atoms with E-state index in [1.807, 2.05) is 30.3 Å². The smallest absolute Gasteiger partial charge is 0.245 e. The number of carbonyl (C=O) groups is 1. The Kier molecular flexibility index (Phi) is 4.13. The zero-order valence-corrected chi connectivity index (χ0v) is 13.1. The summed E-state index contributed by atoms with van der Waals surface area (Å²) in [4.78, 5) is 23.6. The van der Waals surface area contributed by atoms with Gasteiger partial charge >= 0.3 is 0 Å². The molecule has 0 aliphatic carbocycles. The lowest BCUT2D eigenvalue weighted by Crippen LogP contribution is -2.07. The second-order valence-corrected chi connectivity index (χ2v) is 5.49. The van der Waals surface area contributed by atoms with Crippen LogP contribution in [-0.2, 0) is 4.79 Å². The quantitative estimate of drug-likeness (QED) is 0.524. The highest BCUT2D eigenvalue weighted by Crippen LogP contribution is 2.27. The van der Waals surface area contributed by atoms with Gasteiger partial charge in [0.1, 0.15) is 11.3 Å². The Morgan fingerprint density at radius 2 is 1.83 bits per heavy atom. The van der Waals surface area contributed by atoms with E-state index in [-0.39, 0.29) is 5.43 Å². The van der Waals surface area contributed by atoms with Crippen molar-refractivity contribution in [2.24, 2.45) is 0 Å². The van der Waals surface area contributed by atoms with Gasteiger partial charge in [0.15, 0.2) is 5.43 Å². The van der Waals surface area contributed by atoms with Crippen molar-refractivity contribution in [1.82, 2.24) is 0 Å². The normalized spacial score (nSPS) is 11.2. The Labute approximate surface area is 137 Å². The van der Waals surface area contributed by atoms with E-state index in [1.165, 1.54) is 6.08 Å². The Bertz CT molecular complexity index is 969. The van der Waals surface area contributed by atoms with E-state index in [2.05, 4.69) is 0 Å². The molecule has 4 heteroatoms. The number of benzene rings is 2. The van der Waals surface area contributed by atoms with Gasteiger partial charge in [0.05, 0.1) is 5.39 Å². The summed E-state index contributed by atoms with van der Waals surface area (Å²) in [6, 6.07) is 14.7. The fourth-order valence-corrected chi connectivity index (χ4v) is 2.55. The molecule has 3 rings (SSSR count). The van der Waals surface area contributed by atoms with Gasteiger partial charge in [-0.3, -0.25) is 9.59 Å². The molecule has 0 saturated carbocycles. The summed E-state index contributed by atoms with van der Waals surface area (Å²) < 4.78 is 6.02. The van der Waals surface area contributed by atoms with Crippen LogP contribution in [-0.4, -0.2) is 5.24 Å². The molecular formula is C19H13ClO3. The molecule has 3 aromatic rings. The van der Waals surface area contributed by atoms with Crippen molar-refractivity contribution >= 4 is 33.9 Å². The third kappa shape index (κ3) is 2.96. The molecule has 114 valence electrons. The molecular weight excluding hydrogens is 312 g/mol. The molecule has 0 unspecified atom stereocenters. The van der Waals surface area contributed by atoms with Crippen molar-refractivity contribution in [1.29, 1.82) is 0 Å². The summed E-state index contributed by atoms with van der Waals surface area (Å²) in [5.41, 5.74) is 2.37. The fourth-order valence-electron chi connectivity index (χ4n) is 2.48. The van der Waals surface area contributed by atoms with Gasteiger partial charge in [-0.2, -0.15) is 0 Å². The van der Waals surface area contributed by atoms with Crippen LogP contribution in [0.5, 0.6) is 0 Å². The minimum atomic E-state index is -0.584. The first kappa shape index (κ1) is 15.3. The molecule has 23 heavy (non-hydrogen) atoms. The Morgan fingerprint density at radius 1 is 1.09 bits per heavy atom. The monoisotopic (exact) mass is 324 g/mol. The average Bonchev–Trinajstić information content (AvgIpc) is 2.57. The van der Waals surface area contributed by atoms with Gasteiger partial charge in [0.2, 0.25) is 5.24 Å². The predicted octanol–water partition coefficient (Wildman–Crippen LogP) is 4.55. The Hall–Kier alpha value is -2.65. The number of rotatable bonds is 3. The van der Waals surface area contributed by atoms with Crippen molar-refractivity contribution in [3.8, 4) is 11.3 Å². The van der Waals surface area contributed by atoms with E-state index in [1.54, 1.807) is 31.2 Å². The van der Waals surface area contributed by atoms with Crippen molar-refractivity contribution in [3.63, 3.8) is 0 Å². The Morgan fingerprint density at radius 3 is 2.52 bits per heavy atom. The molecule has 0 spiro atoms. The van der Waals surface area contributed by atoms with Crippen LogP contribution in [0, 0.1) is 6.92 Å². The number of hydrogen-bond donors (Lipinski definition) is 0. The SMILES string of the molecule is Cc1c(-c2ccccc2)oc2c(C=CC(=O)Cl)cccc2c1=O. The summed E-state index contributed by atoms with van der Waals surface area (Å²) in [6.45, 7) is 1.75. The minimum absolute atomic E-state index is 0.0856. The van der Waals surface area contributed by atoms with Gasteiger partial charge in [0.25, 0.3) is 0 Å². The second kappa shape index (κ2) is 6.23. The van der Waals surface area contributed by atoms with Crippen molar-refractivity contribution in [2.75, 3.05) is 0 Å². The maximum atomic E-state index is 12.6. The lowest BCUT2D eigenvalue weighted by molar-refractivity contribution is -0.107. The standard InChI is InChI=1S/C19H13ClO3/c1-12-17(22)15-9-5-8-14(10-11-16(20)21)19(15)23-18(12)13-6-3-2-4-7-13/h2-11H,1H3. The molecule has 1 heterocycles. The largest absolute Gasteiger partial charge is 0.455 e. The van der Waals surface area contributed by atoms with Crippen LogP contribution < -0.4 is 5.43 Å². The first-order valence-corrected chi connectivity index (χ1v) is 7.45. The summed E-state index contributed by atoms with van der Waals surface area (Å²) in [5, 5.41) is -0.105. The van der Waals surface area contributed by atoms with E-state index in [4.69, 9.17) is 16.0 Å². The molecule has 0 aliphatic rings. The van der Waals surface area contributed by atoms with Crippen LogP contribution >= 0.6 is 11.6 Å². The summed E-state index contributed by atoms with van der Waals surface area (Å²) in [6.07, 6.45) is 2.78. The molecule has 0 saturated heterocycles. The fraction of sp³-hybridized carbons (Fsp3) is 0.0526. The average molecular weight is 325 g/mol. The highest BCUT2D eigenvalue weighted by Gasteiger charge is 2.14. The molecule has 0 radical (unpaired) electrons. The lowest BCUT2D eigenvalue weighted by atomic mass is 10.0.